The van der Waals surface area contributed by atoms with Crippen molar-refractivity contribution >= 4 is 12.0 Å². The maximum atomic E-state index is 12.0. The van der Waals surface area contributed by atoms with Gasteiger partial charge in [-0.1, -0.05) is 30.4 Å². The summed E-state index contributed by atoms with van der Waals surface area (Å²) < 4.78 is 5.59. The van der Waals surface area contributed by atoms with Gasteiger partial charge in [-0.15, -0.1) is 0 Å². The molecule has 0 saturated carbocycles. The van der Waals surface area contributed by atoms with Gasteiger partial charge in [-0.3, -0.25) is 4.79 Å². The van der Waals surface area contributed by atoms with Crippen LogP contribution in [0.5, 0.6) is 5.75 Å². The van der Waals surface area contributed by atoms with Crippen LogP contribution in [0.1, 0.15) is 37.3 Å². The molecule has 3 heteroatoms. The maximum absolute atomic E-state index is 12.0. The van der Waals surface area contributed by atoms with Crippen LogP contribution in [-0.2, 0) is 4.79 Å². The van der Waals surface area contributed by atoms with E-state index in [2.05, 4.69) is 6.07 Å². The van der Waals surface area contributed by atoms with E-state index >= 15 is 0 Å². The van der Waals surface area contributed by atoms with Gasteiger partial charge >= 0.3 is 0 Å². The summed E-state index contributed by atoms with van der Waals surface area (Å²) >= 11 is 0. The Morgan fingerprint density at radius 1 is 1.23 bits per heavy atom. The number of benzene rings is 1. The Bertz CT molecular complexity index is 555. The smallest absolute Gasteiger partial charge is 0.246 e. The number of amides is 1. The van der Waals surface area contributed by atoms with Crippen molar-refractivity contribution in [2.75, 3.05) is 19.7 Å². The Kier molecular flexibility index (Phi) is 6.26. The molecular weight excluding hydrogens is 274 g/mol. The molecule has 0 radical (unpaired) electrons. The van der Waals surface area contributed by atoms with Crippen LogP contribution >= 0.6 is 0 Å². The highest BCUT2D eigenvalue weighted by atomic mass is 16.5. The Labute approximate surface area is 133 Å². The first kappa shape index (κ1) is 16.3. The molecule has 2 rings (SSSR count). The molecule has 1 saturated heterocycles. The standard InChI is InChI=1S/C19H25NO2/c1-3-22-18-15-17(12-11-16(18)2)9-5-6-10-19(21)20-13-7-4-8-14-20/h5-6,9-12,15H,3-4,7-8,13-14H2,1-2H3/b9-5-,10-6+. The highest BCUT2D eigenvalue weighted by Gasteiger charge is 2.13. The van der Waals surface area contributed by atoms with Crippen molar-refractivity contribution in [1.82, 2.24) is 4.90 Å². The van der Waals surface area contributed by atoms with Crippen LogP contribution in [0.4, 0.5) is 0 Å². The number of allylic oxidation sites excluding steroid dienone is 2. The van der Waals surface area contributed by atoms with Crippen molar-refractivity contribution in [2.45, 2.75) is 33.1 Å². The van der Waals surface area contributed by atoms with Crippen molar-refractivity contribution < 1.29 is 9.53 Å². The summed E-state index contributed by atoms with van der Waals surface area (Å²) in [5, 5.41) is 0. The molecule has 1 aromatic carbocycles. The summed E-state index contributed by atoms with van der Waals surface area (Å²) in [7, 11) is 0. The van der Waals surface area contributed by atoms with Gasteiger partial charge in [0.15, 0.2) is 0 Å². The van der Waals surface area contributed by atoms with Crippen molar-refractivity contribution in [2.24, 2.45) is 0 Å². The molecule has 0 atom stereocenters. The average Bonchev–Trinajstić information content (AvgIpc) is 2.55. The van der Waals surface area contributed by atoms with Crippen molar-refractivity contribution in [3.05, 3.63) is 47.6 Å². The molecule has 1 heterocycles. The number of ether oxygens (including phenoxy) is 1. The number of aryl methyl sites for hydroxylation is 1. The number of piperidine rings is 1. The van der Waals surface area contributed by atoms with Gasteiger partial charge < -0.3 is 9.64 Å². The Balaban J connectivity index is 1.92. The minimum Gasteiger partial charge on any atom is -0.494 e. The second-order valence-corrected chi connectivity index (χ2v) is 5.56. The Hall–Kier alpha value is -2.03. The van der Waals surface area contributed by atoms with Gasteiger partial charge in [0.2, 0.25) is 5.91 Å². The van der Waals surface area contributed by atoms with Crippen LogP contribution in [0.15, 0.2) is 36.4 Å². The van der Waals surface area contributed by atoms with E-state index in [-0.39, 0.29) is 5.91 Å². The minimum atomic E-state index is 0.114. The topological polar surface area (TPSA) is 29.5 Å². The number of likely N-dealkylation sites (tertiary alicyclic amines) is 1. The molecule has 0 aliphatic carbocycles. The van der Waals surface area contributed by atoms with Crippen LogP contribution in [0.2, 0.25) is 0 Å². The lowest BCUT2D eigenvalue weighted by molar-refractivity contribution is -0.126. The fourth-order valence-corrected chi connectivity index (χ4v) is 2.56. The summed E-state index contributed by atoms with van der Waals surface area (Å²) in [6.07, 6.45) is 10.8. The maximum Gasteiger partial charge on any atom is 0.246 e. The molecule has 1 aromatic rings. The fraction of sp³-hybridized carbons (Fsp3) is 0.421. The summed E-state index contributed by atoms with van der Waals surface area (Å²) in [5.74, 6) is 1.03. The number of rotatable bonds is 5. The highest BCUT2D eigenvalue weighted by Crippen LogP contribution is 2.20. The van der Waals surface area contributed by atoms with Crippen molar-refractivity contribution in [3.63, 3.8) is 0 Å². The van der Waals surface area contributed by atoms with Crippen molar-refractivity contribution in [1.29, 1.82) is 0 Å². The van der Waals surface area contributed by atoms with E-state index in [1.165, 1.54) is 6.42 Å². The molecule has 1 fully saturated rings. The third kappa shape index (κ3) is 4.76. The molecule has 0 spiro atoms. The zero-order chi connectivity index (χ0) is 15.8. The minimum absolute atomic E-state index is 0.114. The summed E-state index contributed by atoms with van der Waals surface area (Å²) in [6, 6.07) is 6.12. The molecule has 3 nitrogen and oxygen atoms in total. The molecule has 0 unspecified atom stereocenters. The van der Waals surface area contributed by atoms with E-state index in [0.29, 0.717) is 6.61 Å². The van der Waals surface area contributed by atoms with E-state index in [1.54, 1.807) is 6.08 Å². The Morgan fingerprint density at radius 3 is 2.73 bits per heavy atom. The van der Waals surface area contributed by atoms with Crippen LogP contribution in [0.25, 0.3) is 6.08 Å². The number of hydrogen-bond acceptors (Lipinski definition) is 2. The van der Waals surface area contributed by atoms with Gasteiger partial charge in [0, 0.05) is 19.2 Å². The first-order chi connectivity index (χ1) is 10.7. The summed E-state index contributed by atoms with van der Waals surface area (Å²) in [4.78, 5) is 13.9. The molecule has 0 N–H and O–H groups in total. The van der Waals surface area contributed by atoms with Gasteiger partial charge in [-0.2, -0.15) is 0 Å². The van der Waals surface area contributed by atoms with E-state index in [9.17, 15) is 4.79 Å². The predicted molar refractivity (Wildman–Crippen MR) is 91.0 cm³/mol. The number of carbonyl (C=O) groups excluding carboxylic acids is 1. The van der Waals surface area contributed by atoms with E-state index in [4.69, 9.17) is 4.74 Å². The summed E-state index contributed by atoms with van der Waals surface area (Å²) in [6.45, 7) is 6.47. The van der Waals surface area contributed by atoms with Crippen LogP contribution in [-0.4, -0.2) is 30.5 Å². The first-order valence-corrected chi connectivity index (χ1v) is 8.08. The molecule has 1 aliphatic rings. The Morgan fingerprint density at radius 2 is 2.00 bits per heavy atom. The number of nitrogens with zero attached hydrogens (tertiary/aromatic N) is 1. The average molecular weight is 299 g/mol. The quantitative estimate of drug-likeness (QED) is 0.608. The van der Waals surface area contributed by atoms with Crippen LogP contribution in [0.3, 0.4) is 0 Å². The zero-order valence-electron chi connectivity index (χ0n) is 13.5. The lowest BCUT2D eigenvalue weighted by Gasteiger charge is -2.25. The third-order valence-corrected chi connectivity index (χ3v) is 3.82. The molecule has 0 bridgehead atoms. The predicted octanol–water partition coefficient (Wildman–Crippen LogP) is 3.98. The lowest BCUT2D eigenvalue weighted by Crippen LogP contribution is -2.34. The molecule has 0 aromatic heterocycles. The van der Waals surface area contributed by atoms with Gasteiger partial charge in [0.05, 0.1) is 6.61 Å². The highest BCUT2D eigenvalue weighted by molar-refractivity contribution is 5.88. The van der Waals surface area contributed by atoms with Gasteiger partial charge in [-0.25, -0.2) is 0 Å². The second kappa shape index (κ2) is 8.42. The zero-order valence-corrected chi connectivity index (χ0v) is 13.5. The molecule has 1 aliphatic heterocycles. The number of hydrogen-bond donors (Lipinski definition) is 0. The SMILES string of the molecule is CCOc1cc(/C=C\C=C\C(=O)N2CCCCC2)ccc1C. The van der Waals surface area contributed by atoms with Gasteiger partial charge in [-0.05, 0) is 50.3 Å². The monoisotopic (exact) mass is 299 g/mol. The normalized spacial score (nSPS) is 15.6. The third-order valence-electron chi connectivity index (χ3n) is 3.82. The second-order valence-electron chi connectivity index (χ2n) is 5.56. The fourth-order valence-electron chi connectivity index (χ4n) is 2.56. The van der Waals surface area contributed by atoms with Crippen molar-refractivity contribution in [3.8, 4) is 5.75 Å². The molecular formula is C19H25NO2. The number of carbonyl (C=O) groups is 1. The van der Waals surface area contributed by atoms with Crippen LogP contribution < -0.4 is 4.74 Å². The lowest BCUT2D eigenvalue weighted by atomic mass is 10.1. The van der Waals surface area contributed by atoms with Gasteiger partial charge in [0.25, 0.3) is 0 Å². The van der Waals surface area contributed by atoms with E-state index < -0.39 is 0 Å². The first-order valence-electron chi connectivity index (χ1n) is 8.08. The van der Waals surface area contributed by atoms with E-state index in [0.717, 1.165) is 42.8 Å². The van der Waals surface area contributed by atoms with Gasteiger partial charge in [0.1, 0.15) is 5.75 Å². The summed E-state index contributed by atoms with van der Waals surface area (Å²) in [5.41, 5.74) is 2.21. The molecule has 118 valence electrons. The van der Waals surface area contributed by atoms with Crippen LogP contribution in [0, 0.1) is 6.92 Å². The van der Waals surface area contributed by atoms with E-state index in [1.807, 2.05) is 49.1 Å². The molecule has 22 heavy (non-hydrogen) atoms. The largest absolute Gasteiger partial charge is 0.494 e. The molecule has 1 amide bonds.